The molecule has 0 fully saturated rings. The van der Waals surface area contributed by atoms with Crippen LogP contribution in [-0.4, -0.2) is 33.6 Å². The Morgan fingerprint density at radius 3 is 2.07 bits per heavy atom. The van der Waals surface area contributed by atoms with E-state index in [0.717, 1.165) is 0 Å². The fraction of sp³-hybridized carbons (Fsp3) is 0.667. The van der Waals surface area contributed by atoms with Crippen molar-refractivity contribution >= 4 is 21.4 Å². The Morgan fingerprint density at radius 2 is 1.67 bits per heavy atom. The van der Waals surface area contributed by atoms with E-state index in [-0.39, 0.29) is 0 Å². The number of hydrogen-bond donors (Lipinski definition) is 2. The molecule has 1 N–H and O–H groups in total. The van der Waals surface area contributed by atoms with Crippen LogP contribution in [0.4, 0.5) is 0 Å². The highest BCUT2D eigenvalue weighted by Crippen LogP contribution is 2.01. The first kappa shape index (κ1) is 14.5. The quantitative estimate of drug-likeness (QED) is 0.383. The minimum absolute atomic E-state index is 0.724. The largest absolute Gasteiger partial charge is 0.397 e. The highest BCUT2D eigenvalue weighted by atomic mass is 32.3. The van der Waals surface area contributed by atoms with Crippen molar-refractivity contribution in [3.63, 3.8) is 0 Å². The van der Waals surface area contributed by atoms with Crippen LogP contribution in [0.3, 0.4) is 0 Å². The predicted octanol–water partition coefficient (Wildman–Crippen LogP) is -0.318. The molecule has 0 heterocycles. The third kappa shape index (κ3) is 9.82. The smallest absolute Gasteiger partial charge is 0.265 e. The molecule has 0 rings (SSSR count). The second kappa shape index (κ2) is 6.18. The first-order valence-electron chi connectivity index (χ1n) is 3.86. The topological polar surface area (TPSA) is 107 Å². The lowest BCUT2D eigenvalue weighted by molar-refractivity contribution is 0.231. The highest BCUT2D eigenvalue weighted by Gasteiger charge is 2.09. The van der Waals surface area contributed by atoms with E-state index >= 15 is 0 Å². The van der Waals surface area contributed by atoms with Gasteiger partial charge in [-0.1, -0.05) is 12.2 Å². The summed E-state index contributed by atoms with van der Waals surface area (Å²) in [5.74, 6) is 0. The van der Waals surface area contributed by atoms with E-state index in [2.05, 4.69) is 8.37 Å². The van der Waals surface area contributed by atoms with Gasteiger partial charge in [-0.2, -0.15) is 8.42 Å². The van der Waals surface area contributed by atoms with Gasteiger partial charge in [-0.15, -0.1) is 0 Å². The molecule has 2 atom stereocenters. The van der Waals surface area contributed by atoms with Gasteiger partial charge in [-0.25, -0.2) is 12.6 Å². The van der Waals surface area contributed by atoms with Gasteiger partial charge < -0.3 is 0 Å². The maximum atomic E-state index is 10.2. The summed E-state index contributed by atoms with van der Waals surface area (Å²) in [6.45, 7) is 2.80. The van der Waals surface area contributed by atoms with Crippen molar-refractivity contribution in [2.75, 3.05) is 0 Å². The summed E-state index contributed by atoms with van der Waals surface area (Å²) in [4.78, 5) is 0. The van der Waals surface area contributed by atoms with Gasteiger partial charge in [0.2, 0.25) is 0 Å². The lowest BCUT2D eigenvalue weighted by atomic mass is 10.3. The van der Waals surface area contributed by atoms with Gasteiger partial charge >= 0.3 is 10.4 Å². The zero-order chi connectivity index (χ0) is 12.1. The van der Waals surface area contributed by atoms with Crippen molar-refractivity contribution in [3.05, 3.63) is 12.2 Å². The molecule has 0 saturated carbocycles. The highest BCUT2D eigenvalue weighted by molar-refractivity contribution is 7.80. The molecule has 0 aliphatic carbocycles. The molecule has 2 unspecified atom stereocenters. The van der Waals surface area contributed by atoms with Crippen LogP contribution in [0, 0.1) is 0 Å². The van der Waals surface area contributed by atoms with E-state index in [0.29, 0.717) is 0 Å². The summed E-state index contributed by atoms with van der Waals surface area (Å²) in [5.41, 5.74) is 0. The normalized spacial score (nSPS) is 17.1. The third-order valence-corrected chi connectivity index (χ3v) is 2.23. The van der Waals surface area contributed by atoms with E-state index in [1.807, 2.05) is 0 Å². The molecule has 0 radical (unpaired) electrons. The van der Waals surface area contributed by atoms with E-state index in [9.17, 15) is 16.8 Å². The first-order chi connectivity index (χ1) is 6.70. The van der Waals surface area contributed by atoms with Crippen LogP contribution in [0.2, 0.25) is 0 Å². The third-order valence-electron chi connectivity index (χ3n) is 1.18. The van der Waals surface area contributed by atoms with E-state index < -0.39 is 33.6 Å². The van der Waals surface area contributed by atoms with Gasteiger partial charge in [0.15, 0.2) is 0 Å². The Kier molecular flexibility index (Phi) is 5.98. The Hall–Kier alpha value is -0.480. The summed E-state index contributed by atoms with van der Waals surface area (Å²) >= 11 is 0. The van der Waals surface area contributed by atoms with Crippen LogP contribution >= 0.6 is 0 Å². The maximum absolute atomic E-state index is 10.2. The molecule has 90 valence electrons. The Morgan fingerprint density at radius 1 is 1.20 bits per heavy atom. The molecular weight excluding hydrogens is 248 g/mol. The SMILES string of the molecule is CC(/C=C/C(C)OS(=O)(=O)O)O[SH](=O)=O. The molecule has 0 saturated heterocycles. The molecule has 9 heteroatoms. The molecule has 0 aromatic carbocycles. The molecule has 15 heavy (non-hydrogen) atoms. The van der Waals surface area contributed by atoms with Crippen LogP contribution in [0.25, 0.3) is 0 Å². The molecule has 0 bridgehead atoms. The van der Waals surface area contributed by atoms with Crippen LogP contribution < -0.4 is 0 Å². The van der Waals surface area contributed by atoms with E-state index in [4.69, 9.17) is 4.55 Å². The summed E-state index contributed by atoms with van der Waals surface area (Å²) in [7, 11) is -7.46. The second-order valence-electron chi connectivity index (χ2n) is 2.65. The number of thiol groups is 1. The summed E-state index contributed by atoms with van der Waals surface area (Å²) in [6, 6.07) is 0. The Labute approximate surface area is 89.8 Å². The zero-order valence-corrected chi connectivity index (χ0v) is 9.77. The lowest BCUT2D eigenvalue weighted by Gasteiger charge is -2.05. The summed E-state index contributed by atoms with van der Waals surface area (Å²) in [6.07, 6.45) is 0.910. The van der Waals surface area contributed by atoms with Crippen LogP contribution in [0.15, 0.2) is 12.2 Å². The molecule has 7 nitrogen and oxygen atoms in total. The average molecular weight is 260 g/mol. The standard InChI is InChI=1S/C6H12O7S2/c1-5(12-14(7)8)3-4-6(2)13-15(9,10)11/h3-6,14H,1-2H3,(H,9,10,11)/b4-3+. The van der Waals surface area contributed by atoms with Crippen LogP contribution in [0.1, 0.15) is 13.8 Å². The van der Waals surface area contributed by atoms with Gasteiger partial charge in [-0.3, -0.25) is 8.74 Å². The van der Waals surface area contributed by atoms with Gasteiger partial charge in [0.1, 0.15) is 0 Å². The molecule has 0 aliphatic heterocycles. The maximum Gasteiger partial charge on any atom is 0.397 e. The lowest BCUT2D eigenvalue weighted by Crippen LogP contribution is -2.13. The minimum Gasteiger partial charge on any atom is -0.265 e. The monoisotopic (exact) mass is 260 g/mol. The van der Waals surface area contributed by atoms with Crippen LogP contribution in [-0.2, 0) is 29.8 Å². The second-order valence-corrected chi connectivity index (χ2v) is 4.35. The van der Waals surface area contributed by atoms with Crippen molar-refractivity contribution in [2.24, 2.45) is 0 Å². The van der Waals surface area contributed by atoms with E-state index in [1.54, 1.807) is 0 Å². The average Bonchev–Trinajstić information content (AvgIpc) is 1.96. The van der Waals surface area contributed by atoms with Crippen molar-refractivity contribution in [1.82, 2.24) is 0 Å². The fourth-order valence-corrected chi connectivity index (χ4v) is 1.50. The van der Waals surface area contributed by atoms with Crippen molar-refractivity contribution in [3.8, 4) is 0 Å². The minimum atomic E-state index is -4.51. The van der Waals surface area contributed by atoms with E-state index in [1.165, 1.54) is 26.0 Å². The van der Waals surface area contributed by atoms with Gasteiger partial charge in [0.25, 0.3) is 11.0 Å². The van der Waals surface area contributed by atoms with Crippen molar-refractivity contribution < 1.29 is 29.8 Å². The summed E-state index contributed by atoms with van der Waals surface area (Å²) in [5, 5.41) is 0. The van der Waals surface area contributed by atoms with Crippen molar-refractivity contribution in [1.29, 1.82) is 0 Å². The Balaban J connectivity index is 4.16. The van der Waals surface area contributed by atoms with Gasteiger partial charge in [0.05, 0.1) is 12.2 Å². The molecule has 0 aromatic rings. The molecule has 0 aliphatic rings. The predicted molar refractivity (Wildman–Crippen MR) is 52.1 cm³/mol. The van der Waals surface area contributed by atoms with Gasteiger partial charge in [0, 0.05) is 0 Å². The first-order valence-corrected chi connectivity index (χ1v) is 6.32. The molecule has 0 spiro atoms. The fourth-order valence-electron chi connectivity index (χ4n) is 0.708. The molecule has 0 aromatic heterocycles. The number of rotatable bonds is 6. The summed E-state index contributed by atoms with van der Waals surface area (Å²) < 4.78 is 57.4. The van der Waals surface area contributed by atoms with Gasteiger partial charge in [-0.05, 0) is 13.8 Å². The zero-order valence-electron chi connectivity index (χ0n) is 8.06. The Bertz CT molecular complexity index is 372. The van der Waals surface area contributed by atoms with Crippen molar-refractivity contribution in [2.45, 2.75) is 26.1 Å². The number of hydrogen-bond acceptors (Lipinski definition) is 6. The molecule has 0 amide bonds. The van der Waals surface area contributed by atoms with Crippen LogP contribution in [0.5, 0.6) is 0 Å². The molecular formula is C6H12O7S2.